The van der Waals surface area contributed by atoms with Crippen molar-refractivity contribution >= 4 is 44.1 Å². The minimum Gasteiger partial charge on any atom is -0.368 e. The first-order chi connectivity index (χ1) is 12.1. The normalized spacial score (nSPS) is 15.7. The zero-order chi connectivity index (χ0) is 17.4. The molecule has 0 saturated carbocycles. The SMILES string of the molecule is CN1CCN(c2ccc(-c3ncnc4ccc(Br)cc34)cc2Cl)CC1. The summed E-state index contributed by atoms with van der Waals surface area (Å²) in [5.74, 6) is 0. The molecule has 0 spiro atoms. The van der Waals surface area contributed by atoms with Crippen molar-refractivity contribution in [2.45, 2.75) is 0 Å². The highest BCUT2D eigenvalue weighted by Crippen LogP contribution is 2.34. The van der Waals surface area contributed by atoms with Crippen molar-refractivity contribution in [3.8, 4) is 11.3 Å². The molecule has 2 aromatic carbocycles. The van der Waals surface area contributed by atoms with Gasteiger partial charge in [-0.3, -0.25) is 0 Å². The monoisotopic (exact) mass is 416 g/mol. The van der Waals surface area contributed by atoms with Crippen LogP contribution < -0.4 is 4.90 Å². The van der Waals surface area contributed by atoms with Crippen LogP contribution in [0.2, 0.25) is 5.02 Å². The fourth-order valence-corrected chi connectivity index (χ4v) is 3.88. The molecule has 0 aliphatic carbocycles. The molecule has 128 valence electrons. The lowest BCUT2D eigenvalue weighted by molar-refractivity contribution is 0.313. The fourth-order valence-electron chi connectivity index (χ4n) is 3.22. The maximum atomic E-state index is 6.62. The highest BCUT2D eigenvalue weighted by molar-refractivity contribution is 9.10. The molecular formula is C19H18BrClN4. The largest absolute Gasteiger partial charge is 0.368 e. The smallest absolute Gasteiger partial charge is 0.116 e. The topological polar surface area (TPSA) is 32.3 Å². The predicted molar refractivity (Wildman–Crippen MR) is 107 cm³/mol. The number of hydrogen-bond donors (Lipinski definition) is 0. The number of rotatable bonds is 2. The van der Waals surface area contributed by atoms with Gasteiger partial charge in [0, 0.05) is 41.6 Å². The zero-order valence-corrected chi connectivity index (χ0v) is 16.3. The van der Waals surface area contributed by atoms with Crippen molar-refractivity contribution in [3.05, 3.63) is 52.2 Å². The van der Waals surface area contributed by atoms with Gasteiger partial charge in [-0.2, -0.15) is 0 Å². The Hall–Kier alpha value is -1.69. The van der Waals surface area contributed by atoms with Crippen molar-refractivity contribution in [2.24, 2.45) is 0 Å². The first-order valence-electron chi connectivity index (χ1n) is 8.25. The molecule has 1 aliphatic rings. The molecule has 4 rings (SSSR count). The first-order valence-corrected chi connectivity index (χ1v) is 9.42. The maximum absolute atomic E-state index is 6.62. The summed E-state index contributed by atoms with van der Waals surface area (Å²) in [6, 6.07) is 12.2. The molecular weight excluding hydrogens is 400 g/mol. The van der Waals surface area contributed by atoms with E-state index in [4.69, 9.17) is 11.6 Å². The van der Waals surface area contributed by atoms with Gasteiger partial charge in [0.1, 0.15) is 6.33 Å². The number of piperazine rings is 1. The fraction of sp³-hybridized carbons (Fsp3) is 0.263. The Labute approximate surface area is 160 Å². The van der Waals surface area contributed by atoms with Crippen LogP contribution in [0.4, 0.5) is 5.69 Å². The molecule has 1 fully saturated rings. The van der Waals surface area contributed by atoms with E-state index in [0.29, 0.717) is 0 Å². The lowest BCUT2D eigenvalue weighted by atomic mass is 10.1. The van der Waals surface area contributed by atoms with E-state index in [0.717, 1.165) is 63.5 Å². The van der Waals surface area contributed by atoms with E-state index in [2.05, 4.69) is 54.9 Å². The molecule has 0 N–H and O–H groups in total. The number of aromatic nitrogens is 2. The van der Waals surface area contributed by atoms with E-state index in [1.807, 2.05) is 24.3 Å². The second-order valence-corrected chi connectivity index (χ2v) is 7.66. The summed E-state index contributed by atoms with van der Waals surface area (Å²) in [4.78, 5) is 13.5. The molecule has 1 aliphatic heterocycles. The molecule has 4 nitrogen and oxygen atoms in total. The lowest BCUT2D eigenvalue weighted by Crippen LogP contribution is -2.44. The highest BCUT2D eigenvalue weighted by Gasteiger charge is 2.17. The van der Waals surface area contributed by atoms with Crippen LogP contribution in [0, 0.1) is 0 Å². The van der Waals surface area contributed by atoms with E-state index in [1.165, 1.54) is 0 Å². The van der Waals surface area contributed by atoms with Crippen LogP contribution >= 0.6 is 27.5 Å². The summed E-state index contributed by atoms with van der Waals surface area (Å²) in [6.45, 7) is 4.11. The third-order valence-corrected chi connectivity index (χ3v) is 5.46. The van der Waals surface area contributed by atoms with E-state index >= 15 is 0 Å². The van der Waals surface area contributed by atoms with Crippen LogP contribution in [0.5, 0.6) is 0 Å². The van der Waals surface area contributed by atoms with Crippen molar-refractivity contribution in [3.63, 3.8) is 0 Å². The average Bonchev–Trinajstić information content (AvgIpc) is 2.62. The summed E-state index contributed by atoms with van der Waals surface area (Å²) >= 11 is 10.2. The van der Waals surface area contributed by atoms with Crippen LogP contribution in [-0.4, -0.2) is 48.1 Å². The van der Waals surface area contributed by atoms with Crippen molar-refractivity contribution in [1.29, 1.82) is 0 Å². The van der Waals surface area contributed by atoms with Crippen molar-refractivity contribution in [2.75, 3.05) is 38.1 Å². The van der Waals surface area contributed by atoms with Crippen molar-refractivity contribution < 1.29 is 0 Å². The minimum absolute atomic E-state index is 0.767. The number of anilines is 1. The van der Waals surface area contributed by atoms with Crippen LogP contribution in [-0.2, 0) is 0 Å². The van der Waals surface area contributed by atoms with Crippen LogP contribution in [0.1, 0.15) is 0 Å². The molecule has 0 bridgehead atoms. The van der Waals surface area contributed by atoms with Gasteiger partial charge in [0.05, 0.1) is 21.9 Å². The summed E-state index contributed by atoms with van der Waals surface area (Å²) in [5, 5.41) is 1.78. The quantitative estimate of drug-likeness (QED) is 0.616. The van der Waals surface area contributed by atoms with Crippen LogP contribution in [0.15, 0.2) is 47.2 Å². The Bertz CT molecular complexity index is 922. The molecule has 1 saturated heterocycles. The van der Waals surface area contributed by atoms with Gasteiger partial charge in [0.15, 0.2) is 0 Å². The Balaban J connectivity index is 1.73. The van der Waals surface area contributed by atoms with Gasteiger partial charge in [0.2, 0.25) is 0 Å². The number of hydrogen-bond acceptors (Lipinski definition) is 4. The second-order valence-electron chi connectivity index (χ2n) is 6.34. The minimum atomic E-state index is 0.767. The average molecular weight is 418 g/mol. The van der Waals surface area contributed by atoms with Gasteiger partial charge >= 0.3 is 0 Å². The molecule has 0 radical (unpaired) electrons. The number of likely N-dealkylation sites (N-methyl/N-ethyl adjacent to an activating group) is 1. The lowest BCUT2D eigenvalue weighted by Gasteiger charge is -2.34. The van der Waals surface area contributed by atoms with Gasteiger partial charge < -0.3 is 9.80 Å². The van der Waals surface area contributed by atoms with Gasteiger partial charge in [-0.25, -0.2) is 9.97 Å². The van der Waals surface area contributed by atoms with Crippen LogP contribution in [0.25, 0.3) is 22.2 Å². The first kappa shape index (κ1) is 16.8. The maximum Gasteiger partial charge on any atom is 0.116 e. The van der Waals surface area contributed by atoms with Gasteiger partial charge in [-0.15, -0.1) is 0 Å². The number of fused-ring (bicyclic) bond motifs is 1. The van der Waals surface area contributed by atoms with Gasteiger partial charge in [-0.05, 0) is 37.4 Å². The predicted octanol–water partition coefficient (Wildman–Crippen LogP) is 4.46. The Morgan fingerprint density at radius 1 is 1.00 bits per heavy atom. The molecule has 0 unspecified atom stereocenters. The summed E-state index contributed by atoms with van der Waals surface area (Å²) in [7, 11) is 2.15. The van der Waals surface area contributed by atoms with Crippen molar-refractivity contribution in [1.82, 2.24) is 14.9 Å². The van der Waals surface area contributed by atoms with Gasteiger partial charge in [-0.1, -0.05) is 33.6 Å². The summed E-state index contributed by atoms with van der Waals surface area (Å²) in [5.41, 5.74) is 3.93. The van der Waals surface area contributed by atoms with Gasteiger partial charge in [0.25, 0.3) is 0 Å². The third kappa shape index (κ3) is 3.36. The van der Waals surface area contributed by atoms with Crippen LogP contribution in [0.3, 0.4) is 0 Å². The highest BCUT2D eigenvalue weighted by atomic mass is 79.9. The standard InChI is InChI=1S/C19H18BrClN4/c1-24-6-8-25(9-7-24)18-5-2-13(10-16(18)21)19-15-11-14(20)3-4-17(15)22-12-23-19/h2-5,10-12H,6-9H2,1H3. The van der Waals surface area contributed by atoms with E-state index in [-0.39, 0.29) is 0 Å². The van der Waals surface area contributed by atoms with E-state index < -0.39 is 0 Å². The molecule has 2 heterocycles. The number of nitrogens with zero attached hydrogens (tertiary/aromatic N) is 4. The third-order valence-electron chi connectivity index (χ3n) is 4.66. The second kappa shape index (κ2) is 6.90. The number of halogens is 2. The summed E-state index contributed by atoms with van der Waals surface area (Å²) < 4.78 is 1.01. The molecule has 1 aromatic heterocycles. The Morgan fingerprint density at radius 2 is 1.80 bits per heavy atom. The number of benzene rings is 2. The Kier molecular flexibility index (Phi) is 4.63. The zero-order valence-electron chi connectivity index (χ0n) is 13.9. The summed E-state index contributed by atoms with van der Waals surface area (Å²) in [6.07, 6.45) is 1.61. The molecule has 0 amide bonds. The molecule has 6 heteroatoms. The Morgan fingerprint density at radius 3 is 2.56 bits per heavy atom. The molecule has 0 atom stereocenters. The molecule has 25 heavy (non-hydrogen) atoms. The van der Waals surface area contributed by atoms with E-state index in [9.17, 15) is 0 Å². The van der Waals surface area contributed by atoms with E-state index in [1.54, 1.807) is 6.33 Å². The molecule has 3 aromatic rings.